The first-order chi connectivity index (χ1) is 8.93. The van der Waals surface area contributed by atoms with Crippen LogP contribution in [0.4, 0.5) is 4.39 Å². The van der Waals surface area contributed by atoms with Gasteiger partial charge in [-0.25, -0.2) is 4.39 Å². The Morgan fingerprint density at radius 3 is 2.37 bits per heavy atom. The molecule has 3 nitrogen and oxygen atoms in total. The summed E-state index contributed by atoms with van der Waals surface area (Å²) >= 11 is 0. The Kier molecular flexibility index (Phi) is 5.96. The Bertz CT molecular complexity index is 405. The van der Waals surface area contributed by atoms with Crippen molar-refractivity contribution in [2.24, 2.45) is 5.92 Å². The zero-order valence-corrected chi connectivity index (χ0v) is 11.8. The second-order valence-corrected chi connectivity index (χ2v) is 5.01. The minimum Gasteiger partial charge on any atom is -0.481 e. The predicted molar refractivity (Wildman–Crippen MR) is 73.6 cm³/mol. The largest absolute Gasteiger partial charge is 0.481 e. The molecule has 0 fully saturated rings. The average molecular weight is 267 g/mol. The maximum absolute atomic E-state index is 12.8. The molecule has 0 aliphatic heterocycles. The summed E-state index contributed by atoms with van der Waals surface area (Å²) in [5, 5.41) is 8.96. The molecule has 0 aliphatic rings. The van der Waals surface area contributed by atoms with E-state index in [0.717, 1.165) is 18.5 Å². The molecule has 1 aromatic rings. The quantitative estimate of drug-likeness (QED) is 0.826. The molecular weight excluding hydrogens is 245 g/mol. The molecule has 0 saturated heterocycles. The van der Waals surface area contributed by atoms with Gasteiger partial charge in [-0.3, -0.25) is 9.69 Å². The number of hydrogen-bond donors (Lipinski definition) is 1. The van der Waals surface area contributed by atoms with Gasteiger partial charge in [0.1, 0.15) is 5.82 Å². The molecule has 1 N–H and O–H groups in total. The normalized spacial score (nSPS) is 14.4. The highest BCUT2D eigenvalue weighted by molar-refractivity contribution is 5.69. The molecule has 0 aromatic heterocycles. The number of rotatable bonds is 7. The van der Waals surface area contributed by atoms with E-state index in [-0.39, 0.29) is 17.8 Å². The number of nitrogens with zero attached hydrogens (tertiary/aromatic N) is 1. The average Bonchev–Trinajstić information content (AvgIpc) is 2.38. The monoisotopic (exact) mass is 267 g/mol. The van der Waals surface area contributed by atoms with Gasteiger partial charge in [0.2, 0.25) is 0 Å². The van der Waals surface area contributed by atoms with Crippen LogP contribution in [0.5, 0.6) is 0 Å². The molecular formula is C15H22FNO2. The molecule has 4 heteroatoms. The SMILES string of the molecule is CCN(CC(C)C(=O)O)C(C)Cc1ccc(F)cc1. The van der Waals surface area contributed by atoms with Crippen LogP contribution in [-0.4, -0.2) is 35.1 Å². The van der Waals surface area contributed by atoms with Crippen LogP contribution >= 0.6 is 0 Å². The summed E-state index contributed by atoms with van der Waals surface area (Å²) in [6, 6.07) is 6.70. The number of benzene rings is 1. The van der Waals surface area contributed by atoms with E-state index in [9.17, 15) is 9.18 Å². The third-order valence-electron chi connectivity index (χ3n) is 3.40. The minimum atomic E-state index is -0.771. The van der Waals surface area contributed by atoms with Crippen LogP contribution in [0.2, 0.25) is 0 Å². The van der Waals surface area contributed by atoms with Gasteiger partial charge in [-0.05, 0) is 37.6 Å². The molecule has 0 bridgehead atoms. The van der Waals surface area contributed by atoms with Crippen LogP contribution in [0.15, 0.2) is 24.3 Å². The second-order valence-electron chi connectivity index (χ2n) is 5.01. The van der Waals surface area contributed by atoms with Crippen molar-refractivity contribution in [3.63, 3.8) is 0 Å². The molecule has 0 saturated carbocycles. The Hall–Kier alpha value is -1.42. The fourth-order valence-corrected chi connectivity index (χ4v) is 2.14. The topological polar surface area (TPSA) is 40.5 Å². The second kappa shape index (κ2) is 7.24. The summed E-state index contributed by atoms with van der Waals surface area (Å²) in [5.74, 6) is -1.38. The van der Waals surface area contributed by atoms with Gasteiger partial charge in [-0.15, -0.1) is 0 Å². The lowest BCUT2D eigenvalue weighted by molar-refractivity contribution is -0.141. The van der Waals surface area contributed by atoms with E-state index in [2.05, 4.69) is 11.8 Å². The molecule has 0 amide bonds. The van der Waals surface area contributed by atoms with Crippen molar-refractivity contribution in [2.45, 2.75) is 33.2 Å². The Labute approximate surface area is 114 Å². The van der Waals surface area contributed by atoms with Crippen molar-refractivity contribution in [1.82, 2.24) is 4.90 Å². The number of halogens is 1. The fraction of sp³-hybridized carbons (Fsp3) is 0.533. The molecule has 0 spiro atoms. The highest BCUT2D eigenvalue weighted by Gasteiger charge is 2.19. The first kappa shape index (κ1) is 15.6. The molecule has 0 aliphatic carbocycles. The number of aliphatic carboxylic acids is 1. The smallest absolute Gasteiger partial charge is 0.307 e. The number of hydrogen-bond acceptors (Lipinski definition) is 2. The van der Waals surface area contributed by atoms with Crippen LogP contribution < -0.4 is 0 Å². The third-order valence-corrected chi connectivity index (χ3v) is 3.40. The Morgan fingerprint density at radius 1 is 1.32 bits per heavy atom. The van der Waals surface area contributed by atoms with Gasteiger partial charge in [0, 0.05) is 12.6 Å². The lowest BCUT2D eigenvalue weighted by Crippen LogP contribution is -2.39. The highest BCUT2D eigenvalue weighted by Crippen LogP contribution is 2.12. The van der Waals surface area contributed by atoms with Gasteiger partial charge in [-0.1, -0.05) is 26.0 Å². The van der Waals surface area contributed by atoms with Gasteiger partial charge in [0.05, 0.1) is 5.92 Å². The van der Waals surface area contributed by atoms with Crippen molar-refractivity contribution in [1.29, 1.82) is 0 Å². The predicted octanol–water partition coefficient (Wildman–Crippen LogP) is 2.80. The van der Waals surface area contributed by atoms with Crippen molar-refractivity contribution < 1.29 is 14.3 Å². The maximum atomic E-state index is 12.8. The molecule has 1 aromatic carbocycles. The van der Waals surface area contributed by atoms with E-state index in [4.69, 9.17) is 5.11 Å². The van der Waals surface area contributed by atoms with Gasteiger partial charge < -0.3 is 5.11 Å². The third kappa shape index (κ3) is 4.99. The van der Waals surface area contributed by atoms with Crippen LogP contribution in [-0.2, 0) is 11.2 Å². The molecule has 2 atom stereocenters. The lowest BCUT2D eigenvalue weighted by atomic mass is 10.0. The van der Waals surface area contributed by atoms with E-state index in [1.807, 2.05) is 6.92 Å². The zero-order valence-electron chi connectivity index (χ0n) is 11.8. The minimum absolute atomic E-state index is 0.233. The number of likely N-dealkylation sites (N-methyl/N-ethyl adjacent to an activating group) is 1. The van der Waals surface area contributed by atoms with Gasteiger partial charge >= 0.3 is 5.97 Å². The van der Waals surface area contributed by atoms with Crippen molar-refractivity contribution in [3.8, 4) is 0 Å². The van der Waals surface area contributed by atoms with Gasteiger partial charge in [0.25, 0.3) is 0 Å². The summed E-state index contributed by atoms with van der Waals surface area (Å²) in [7, 11) is 0. The van der Waals surface area contributed by atoms with E-state index >= 15 is 0 Å². The molecule has 19 heavy (non-hydrogen) atoms. The van der Waals surface area contributed by atoms with E-state index in [1.165, 1.54) is 12.1 Å². The van der Waals surface area contributed by atoms with E-state index < -0.39 is 5.97 Å². The summed E-state index contributed by atoms with van der Waals surface area (Å²) in [5.41, 5.74) is 1.07. The maximum Gasteiger partial charge on any atom is 0.307 e. The molecule has 1 rings (SSSR count). The van der Waals surface area contributed by atoms with Crippen molar-refractivity contribution in [2.75, 3.05) is 13.1 Å². The lowest BCUT2D eigenvalue weighted by Gasteiger charge is -2.29. The van der Waals surface area contributed by atoms with Crippen LogP contribution in [0.3, 0.4) is 0 Å². The van der Waals surface area contributed by atoms with Gasteiger partial charge in [0.15, 0.2) is 0 Å². The molecule has 0 radical (unpaired) electrons. The summed E-state index contributed by atoms with van der Waals surface area (Å²) in [6.07, 6.45) is 0.792. The molecule has 106 valence electrons. The van der Waals surface area contributed by atoms with E-state index in [1.54, 1.807) is 19.1 Å². The first-order valence-corrected chi connectivity index (χ1v) is 6.65. The van der Waals surface area contributed by atoms with Crippen LogP contribution in [0.1, 0.15) is 26.3 Å². The standard InChI is InChI=1S/C15H22FNO2/c1-4-17(10-11(2)15(18)19)12(3)9-13-5-7-14(16)8-6-13/h5-8,11-12H,4,9-10H2,1-3H3,(H,18,19). The first-order valence-electron chi connectivity index (χ1n) is 6.65. The molecule has 0 heterocycles. The highest BCUT2D eigenvalue weighted by atomic mass is 19.1. The number of carbonyl (C=O) groups is 1. The molecule has 2 unspecified atom stereocenters. The Morgan fingerprint density at radius 2 is 1.89 bits per heavy atom. The van der Waals surface area contributed by atoms with Crippen molar-refractivity contribution >= 4 is 5.97 Å². The van der Waals surface area contributed by atoms with Crippen molar-refractivity contribution in [3.05, 3.63) is 35.6 Å². The number of carboxylic acids is 1. The van der Waals surface area contributed by atoms with Crippen LogP contribution in [0, 0.1) is 11.7 Å². The Balaban J connectivity index is 2.60. The number of carboxylic acid groups (broad SMARTS) is 1. The zero-order chi connectivity index (χ0) is 14.4. The van der Waals surface area contributed by atoms with Gasteiger partial charge in [-0.2, -0.15) is 0 Å². The van der Waals surface area contributed by atoms with Crippen LogP contribution in [0.25, 0.3) is 0 Å². The summed E-state index contributed by atoms with van der Waals surface area (Å²) in [4.78, 5) is 13.0. The van der Waals surface area contributed by atoms with E-state index in [0.29, 0.717) is 6.54 Å². The fourth-order valence-electron chi connectivity index (χ4n) is 2.14. The summed E-state index contributed by atoms with van der Waals surface area (Å²) in [6.45, 7) is 7.15. The summed E-state index contributed by atoms with van der Waals surface area (Å²) < 4.78 is 12.8.